The first-order valence-corrected chi connectivity index (χ1v) is 6.96. The van der Waals surface area contributed by atoms with E-state index >= 15 is 0 Å². The van der Waals surface area contributed by atoms with Gasteiger partial charge in [-0.05, 0) is 18.2 Å². The van der Waals surface area contributed by atoms with Crippen LogP contribution in [0.5, 0.6) is 11.5 Å². The Morgan fingerprint density at radius 3 is 2.46 bits per heavy atom. The highest BCUT2D eigenvalue weighted by atomic mass is 19.4. The molecule has 0 N–H and O–H groups in total. The Morgan fingerprint density at radius 2 is 1.88 bits per heavy atom. The first kappa shape index (κ1) is 17.5. The van der Waals surface area contributed by atoms with Gasteiger partial charge in [0.25, 0.3) is 0 Å². The number of hydrogen-bond donors (Lipinski definition) is 0. The van der Waals surface area contributed by atoms with Crippen LogP contribution in [0.25, 0.3) is 0 Å². The fourth-order valence-electron chi connectivity index (χ4n) is 1.77. The number of halogens is 3. The highest BCUT2D eigenvalue weighted by molar-refractivity contribution is 6.05. The molecule has 126 valence electrons. The van der Waals surface area contributed by atoms with E-state index in [0.29, 0.717) is 11.9 Å². The molecule has 0 atom stereocenters. The van der Waals surface area contributed by atoms with Crippen molar-refractivity contribution in [3.05, 3.63) is 66.1 Å². The molecule has 4 nitrogen and oxygen atoms in total. The van der Waals surface area contributed by atoms with E-state index < -0.39 is 17.5 Å². The summed E-state index contributed by atoms with van der Waals surface area (Å²) < 4.78 is 44.1. The van der Waals surface area contributed by atoms with Crippen LogP contribution in [0.4, 0.5) is 13.2 Å². The monoisotopic (exact) mass is 336 g/mol. The summed E-state index contributed by atoms with van der Waals surface area (Å²) in [6, 6.07) is 9.00. The molecule has 0 radical (unpaired) electrons. The quantitative estimate of drug-likeness (QED) is 0.608. The molecule has 1 aromatic carbocycles. The largest absolute Gasteiger partial charge is 0.455 e. The second kappa shape index (κ2) is 7.16. The van der Waals surface area contributed by atoms with E-state index in [4.69, 9.17) is 4.74 Å². The molecule has 1 heterocycles. The average Bonchev–Trinajstić information content (AvgIpc) is 2.52. The molecule has 2 rings (SSSR count). The molecule has 0 bridgehead atoms. The molecule has 0 aliphatic rings. The van der Waals surface area contributed by atoms with Crippen molar-refractivity contribution in [2.75, 3.05) is 14.1 Å². The molecule has 2 aromatic rings. The van der Waals surface area contributed by atoms with Crippen LogP contribution in [0.15, 0.2) is 54.9 Å². The molecular formula is C17H15F3N2O2. The smallest absolute Gasteiger partial charge is 0.418 e. The molecule has 0 amide bonds. The summed E-state index contributed by atoms with van der Waals surface area (Å²) in [5.41, 5.74) is -1.17. The van der Waals surface area contributed by atoms with Crippen molar-refractivity contribution in [1.82, 2.24) is 9.88 Å². The number of hydrogen-bond acceptors (Lipinski definition) is 4. The summed E-state index contributed by atoms with van der Waals surface area (Å²) in [6.07, 6.45) is -1.27. The van der Waals surface area contributed by atoms with E-state index in [-0.39, 0.29) is 11.4 Å². The van der Waals surface area contributed by atoms with Crippen LogP contribution in [0.2, 0.25) is 0 Å². The number of para-hydroxylation sites is 1. The van der Waals surface area contributed by atoms with E-state index in [1.54, 1.807) is 49.3 Å². The van der Waals surface area contributed by atoms with Gasteiger partial charge in [-0.2, -0.15) is 13.2 Å². The van der Waals surface area contributed by atoms with E-state index in [1.165, 1.54) is 12.3 Å². The van der Waals surface area contributed by atoms with E-state index in [9.17, 15) is 18.0 Å². The summed E-state index contributed by atoms with van der Waals surface area (Å²) in [4.78, 5) is 17.5. The zero-order chi connectivity index (χ0) is 17.7. The molecule has 1 aromatic heterocycles. The summed E-state index contributed by atoms with van der Waals surface area (Å²) >= 11 is 0. The Kier molecular flexibility index (Phi) is 5.23. The molecule has 0 saturated carbocycles. The second-order valence-electron chi connectivity index (χ2n) is 5.13. The van der Waals surface area contributed by atoms with Crippen LogP contribution in [0.1, 0.15) is 16.1 Å². The first-order chi connectivity index (χ1) is 11.3. The van der Waals surface area contributed by atoms with Gasteiger partial charge in [0.1, 0.15) is 5.75 Å². The maximum atomic E-state index is 12.9. The summed E-state index contributed by atoms with van der Waals surface area (Å²) in [5, 5.41) is 0. The summed E-state index contributed by atoms with van der Waals surface area (Å²) in [7, 11) is 3.43. The van der Waals surface area contributed by atoms with Crippen molar-refractivity contribution in [3.8, 4) is 11.5 Å². The molecule has 0 aliphatic heterocycles. The molecular weight excluding hydrogens is 321 g/mol. The molecule has 24 heavy (non-hydrogen) atoms. The van der Waals surface area contributed by atoms with Gasteiger partial charge in [-0.3, -0.25) is 4.79 Å². The van der Waals surface area contributed by atoms with Crippen LogP contribution < -0.4 is 4.74 Å². The Bertz CT molecular complexity index is 741. The predicted molar refractivity (Wildman–Crippen MR) is 82.9 cm³/mol. The number of carbonyl (C=O) groups is 1. The van der Waals surface area contributed by atoms with Crippen LogP contribution >= 0.6 is 0 Å². The molecule has 0 fully saturated rings. The number of benzene rings is 1. The third-order valence-electron chi connectivity index (χ3n) is 2.91. The standard InChI is InChI=1S/C17H15F3N2O2/c1-22(2)9-8-14(23)16-15(24-13-6-4-3-5-7-13)10-12(11-21-16)17(18,19)20/h3-11H,1-2H3. The van der Waals surface area contributed by atoms with Crippen LogP contribution in [-0.4, -0.2) is 29.8 Å². The molecule has 0 saturated heterocycles. The Hall–Kier alpha value is -2.83. The summed E-state index contributed by atoms with van der Waals surface area (Å²) in [6.45, 7) is 0. The van der Waals surface area contributed by atoms with Crippen LogP contribution in [-0.2, 0) is 6.18 Å². The van der Waals surface area contributed by atoms with Gasteiger partial charge in [0.05, 0.1) is 5.56 Å². The number of allylic oxidation sites excluding steroid dienone is 1. The third kappa shape index (κ3) is 4.58. The summed E-state index contributed by atoms with van der Waals surface area (Å²) in [5.74, 6) is -0.489. The van der Waals surface area contributed by atoms with Crippen LogP contribution in [0, 0.1) is 0 Å². The zero-order valence-electron chi connectivity index (χ0n) is 13.0. The number of nitrogens with zero attached hydrogens (tertiary/aromatic N) is 2. The molecule has 0 spiro atoms. The number of alkyl halides is 3. The fourth-order valence-corrected chi connectivity index (χ4v) is 1.77. The molecule has 0 aliphatic carbocycles. The minimum absolute atomic E-state index is 0.190. The Balaban J connectivity index is 2.44. The minimum Gasteiger partial charge on any atom is -0.455 e. The lowest BCUT2D eigenvalue weighted by Crippen LogP contribution is -2.10. The van der Waals surface area contributed by atoms with Crippen molar-refractivity contribution in [2.45, 2.75) is 6.18 Å². The normalized spacial score (nSPS) is 11.5. The van der Waals surface area contributed by atoms with Gasteiger partial charge in [-0.25, -0.2) is 4.98 Å². The number of ether oxygens (including phenoxy) is 1. The van der Waals surface area contributed by atoms with Gasteiger partial charge in [0.2, 0.25) is 5.78 Å². The van der Waals surface area contributed by atoms with Crippen LogP contribution in [0.3, 0.4) is 0 Å². The van der Waals surface area contributed by atoms with Crippen molar-refractivity contribution >= 4 is 5.78 Å². The van der Waals surface area contributed by atoms with Gasteiger partial charge in [0.15, 0.2) is 11.4 Å². The van der Waals surface area contributed by atoms with Crippen molar-refractivity contribution in [3.63, 3.8) is 0 Å². The topological polar surface area (TPSA) is 42.4 Å². The molecule has 0 unspecified atom stereocenters. The number of ketones is 1. The highest BCUT2D eigenvalue weighted by Gasteiger charge is 2.32. The number of aromatic nitrogens is 1. The first-order valence-electron chi connectivity index (χ1n) is 6.96. The minimum atomic E-state index is -4.58. The third-order valence-corrected chi connectivity index (χ3v) is 2.91. The van der Waals surface area contributed by atoms with E-state index in [1.807, 2.05) is 0 Å². The maximum absolute atomic E-state index is 12.9. The van der Waals surface area contributed by atoms with Gasteiger partial charge in [0, 0.05) is 32.6 Å². The highest BCUT2D eigenvalue weighted by Crippen LogP contribution is 2.34. The average molecular weight is 336 g/mol. The van der Waals surface area contributed by atoms with Gasteiger partial charge in [-0.15, -0.1) is 0 Å². The molecule has 7 heteroatoms. The van der Waals surface area contributed by atoms with E-state index in [0.717, 1.165) is 6.07 Å². The Morgan fingerprint density at radius 1 is 1.21 bits per heavy atom. The van der Waals surface area contributed by atoms with Crippen molar-refractivity contribution in [1.29, 1.82) is 0 Å². The number of carbonyl (C=O) groups excluding carboxylic acids is 1. The number of pyridine rings is 1. The predicted octanol–water partition coefficient (Wildman–Crippen LogP) is 4.15. The number of rotatable bonds is 5. The lowest BCUT2D eigenvalue weighted by Gasteiger charge is -2.12. The zero-order valence-corrected chi connectivity index (χ0v) is 13.0. The van der Waals surface area contributed by atoms with Crippen molar-refractivity contribution < 1.29 is 22.7 Å². The van der Waals surface area contributed by atoms with Gasteiger partial charge in [-0.1, -0.05) is 18.2 Å². The SMILES string of the molecule is CN(C)C=CC(=O)c1ncc(C(F)(F)F)cc1Oc1ccccc1. The lowest BCUT2D eigenvalue weighted by molar-refractivity contribution is -0.137. The fraction of sp³-hybridized carbons (Fsp3) is 0.176. The van der Waals surface area contributed by atoms with E-state index in [2.05, 4.69) is 4.98 Å². The van der Waals surface area contributed by atoms with Gasteiger partial charge >= 0.3 is 6.18 Å². The van der Waals surface area contributed by atoms with Gasteiger partial charge < -0.3 is 9.64 Å². The lowest BCUT2D eigenvalue weighted by atomic mass is 10.1. The second-order valence-corrected chi connectivity index (χ2v) is 5.13. The Labute approximate surface area is 137 Å². The maximum Gasteiger partial charge on any atom is 0.418 e. The van der Waals surface area contributed by atoms with Crippen molar-refractivity contribution in [2.24, 2.45) is 0 Å².